The van der Waals surface area contributed by atoms with Crippen molar-refractivity contribution < 1.29 is 4.79 Å². The Labute approximate surface area is 145 Å². The highest BCUT2D eigenvalue weighted by Gasteiger charge is 2.22. The van der Waals surface area contributed by atoms with Crippen LogP contribution in [0.4, 0.5) is 5.95 Å². The van der Waals surface area contributed by atoms with Gasteiger partial charge in [0.25, 0.3) is 0 Å². The molecule has 1 fully saturated rings. The first-order chi connectivity index (χ1) is 11.6. The number of carbonyl (C=O) groups excluding carboxylic acids is 1. The van der Waals surface area contributed by atoms with Crippen LogP contribution in [0, 0.1) is 6.92 Å². The SMILES string of the molecule is Cc1nnsc1CN(C)C(=O)CN1CCN(c2ncccn2)CC1. The van der Waals surface area contributed by atoms with Crippen molar-refractivity contribution in [3.8, 4) is 0 Å². The molecule has 2 aromatic rings. The van der Waals surface area contributed by atoms with Crippen LogP contribution in [0.5, 0.6) is 0 Å². The molecule has 0 N–H and O–H groups in total. The van der Waals surface area contributed by atoms with Crippen molar-refractivity contribution in [3.63, 3.8) is 0 Å². The molecule has 2 aromatic heterocycles. The highest BCUT2D eigenvalue weighted by atomic mass is 32.1. The lowest BCUT2D eigenvalue weighted by atomic mass is 10.3. The predicted molar refractivity (Wildman–Crippen MR) is 91.8 cm³/mol. The maximum Gasteiger partial charge on any atom is 0.236 e. The summed E-state index contributed by atoms with van der Waals surface area (Å²) in [5.74, 6) is 0.876. The smallest absolute Gasteiger partial charge is 0.236 e. The molecule has 0 aliphatic carbocycles. The van der Waals surface area contributed by atoms with Crippen molar-refractivity contribution in [2.24, 2.45) is 0 Å². The summed E-state index contributed by atoms with van der Waals surface area (Å²) in [6, 6.07) is 1.81. The van der Waals surface area contributed by atoms with Crippen LogP contribution >= 0.6 is 11.5 Å². The highest BCUT2D eigenvalue weighted by molar-refractivity contribution is 7.05. The van der Waals surface area contributed by atoms with Crippen LogP contribution in [0.2, 0.25) is 0 Å². The fraction of sp³-hybridized carbons (Fsp3) is 0.533. The maximum absolute atomic E-state index is 12.4. The first-order valence-electron chi connectivity index (χ1n) is 7.89. The van der Waals surface area contributed by atoms with Crippen molar-refractivity contribution >= 4 is 23.4 Å². The summed E-state index contributed by atoms with van der Waals surface area (Å²) in [4.78, 5) is 28.1. The first kappa shape index (κ1) is 16.7. The summed E-state index contributed by atoms with van der Waals surface area (Å²) in [5, 5.41) is 3.98. The molecule has 0 unspecified atom stereocenters. The second-order valence-corrected chi connectivity index (χ2v) is 6.68. The predicted octanol–water partition coefficient (Wildman–Crippen LogP) is 0.417. The zero-order valence-electron chi connectivity index (χ0n) is 13.9. The number of carbonyl (C=O) groups is 1. The molecule has 0 saturated carbocycles. The molecule has 0 spiro atoms. The number of aromatic nitrogens is 4. The topological polar surface area (TPSA) is 78.4 Å². The Morgan fingerprint density at radius 3 is 2.58 bits per heavy atom. The van der Waals surface area contributed by atoms with E-state index in [2.05, 4.69) is 29.4 Å². The molecule has 1 amide bonds. The molecule has 0 atom stereocenters. The zero-order valence-corrected chi connectivity index (χ0v) is 14.7. The molecule has 8 nitrogen and oxygen atoms in total. The summed E-state index contributed by atoms with van der Waals surface area (Å²) in [6.07, 6.45) is 3.51. The van der Waals surface area contributed by atoms with E-state index in [9.17, 15) is 4.79 Å². The third-order valence-corrected chi connectivity index (χ3v) is 4.93. The van der Waals surface area contributed by atoms with Crippen LogP contribution in [0.3, 0.4) is 0 Å². The first-order valence-corrected chi connectivity index (χ1v) is 8.67. The van der Waals surface area contributed by atoms with Crippen molar-refractivity contribution in [2.45, 2.75) is 13.5 Å². The van der Waals surface area contributed by atoms with Gasteiger partial charge in [-0.3, -0.25) is 9.69 Å². The summed E-state index contributed by atoms with van der Waals surface area (Å²) in [7, 11) is 1.83. The number of likely N-dealkylation sites (N-methyl/N-ethyl adjacent to an activating group) is 1. The van der Waals surface area contributed by atoms with Gasteiger partial charge in [0.15, 0.2) is 0 Å². The van der Waals surface area contributed by atoms with Gasteiger partial charge in [-0.05, 0) is 24.5 Å². The van der Waals surface area contributed by atoms with Crippen molar-refractivity contribution in [2.75, 3.05) is 44.7 Å². The van der Waals surface area contributed by atoms with E-state index in [4.69, 9.17) is 0 Å². The van der Waals surface area contributed by atoms with Gasteiger partial charge in [-0.15, -0.1) is 5.10 Å². The lowest BCUT2D eigenvalue weighted by Gasteiger charge is -2.34. The minimum absolute atomic E-state index is 0.118. The van der Waals surface area contributed by atoms with Gasteiger partial charge in [-0.25, -0.2) is 9.97 Å². The second-order valence-electron chi connectivity index (χ2n) is 5.84. The lowest BCUT2D eigenvalue weighted by Crippen LogP contribution is -2.50. The van der Waals surface area contributed by atoms with Crippen LogP contribution in [-0.4, -0.2) is 75.0 Å². The van der Waals surface area contributed by atoms with E-state index in [1.54, 1.807) is 17.3 Å². The molecule has 1 saturated heterocycles. The molecule has 9 heteroatoms. The van der Waals surface area contributed by atoms with Gasteiger partial charge in [-0.2, -0.15) is 0 Å². The average molecular weight is 347 g/mol. The van der Waals surface area contributed by atoms with Gasteiger partial charge in [0.05, 0.1) is 23.7 Å². The molecule has 0 radical (unpaired) electrons. The molecule has 0 bridgehead atoms. The Hall–Kier alpha value is -2.13. The van der Waals surface area contributed by atoms with Gasteiger partial charge < -0.3 is 9.80 Å². The van der Waals surface area contributed by atoms with E-state index in [-0.39, 0.29) is 5.91 Å². The third-order valence-electron chi connectivity index (χ3n) is 4.12. The van der Waals surface area contributed by atoms with Crippen LogP contribution in [0.1, 0.15) is 10.6 Å². The van der Waals surface area contributed by atoms with Gasteiger partial charge in [0, 0.05) is 45.6 Å². The molecule has 1 aliphatic heterocycles. The minimum atomic E-state index is 0.118. The van der Waals surface area contributed by atoms with Crippen LogP contribution in [-0.2, 0) is 11.3 Å². The normalized spacial score (nSPS) is 15.5. The third kappa shape index (κ3) is 4.04. The van der Waals surface area contributed by atoms with Gasteiger partial charge >= 0.3 is 0 Å². The summed E-state index contributed by atoms with van der Waals surface area (Å²) in [6.45, 7) is 6.25. The molecule has 1 aliphatic rings. The fourth-order valence-electron chi connectivity index (χ4n) is 2.57. The molecule has 24 heavy (non-hydrogen) atoms. The van der Waals surface area contributed by atoms with Crippen LogP contribution in [0.15, 0.2) is 18.5 Å². The molecular formula is C15H21N7OS. The van der Waals surface area contributed by atoms with E-state index in [1.807, 2.05) is 20.0 Å². The lowest BCUT2D eigenvalue weighted by molar-refractivity contribution is -0.131. The summed E-state index contributed by atoms with van der Waals surface area (Å²) >= 11 is 1.35. The van der Waals surface area contributed by atoms with Gasteiger partial charge in [-0.1, -0.05) is 4.49 Å². The van der Waals surface area contributed by atoms with E-state index in [0.717, 1.165) is 42.7 Å². The number of rotatable bonds is 5. The average Bonchev–Trinajstić information content (AvgIpc) is 3.01. The number of hydrogen-bond acceptors (Lipinski definition) is 8. The molecular weight excluding hydrogens is 326 g/mol. The van der Waals surface area contributed by atoms with Gasteiger partial charge in [0.1, 0.15) is 0 Å². The van der Waals surface area contributed by atoms with Gasteiger partial charge in [0.2, 0.25) is 11.9 Å². The molecule has 128 valence electrons. The summed E-state index contributed by atoms with van der Waals surface area (Å²) < 4.78 is 3.91. The number of nitrogens with zero attached hydrogens (tertiary/aromatic N) is 7. The second kappa shape index (κ2) is 7.63. The number of aryl methyl sites for hydroxylation is 1. The molecule has 3 heterocycles. The Morgan fingerprint density at radius 2 is 1.96 bits per heavy atom. The quantitative estimate of drug-likeness (QED) is 0.775. The fourth-order valence-corrected chi connectivity index (χ4v) is 3.26. The largest absolute Gasteiger partial charge is 0.339 e. The van der Waals surface area contributed by atoms with E-state index in [1.165, 1.54) is 11.5 Å². The number of hydrogen-bond donors (Lipinski definition) is 0. The highest BCUT2D eigenvalue weighted by Crippen LogP contribution is 2.13. The standard InChI is InChI=1S/C15H21N7OS/c1-12-13(24-19-18-12)10-20(2)14(23)11-21-6-8-22(9-7-21)15-16-4-3-5-17-15/h3-5H,6-11H2,1-2H3. The van der Waals surface area contributed by atoms with E-state index >= 15 is 0 Å². The molecule has 0 aromatic carbocycles. The number of anilines is 1. The maximum atomic E-state index is 12.4. The van der Waals surface area contributed by atoms with Crippen LogP contribution < -0.4 is 4.90 Å². The Bertz CT molecular complexity index is 669. The zero-order chi connectivity index (χ0) is 16.9. The van der Waals surface area contributed by atoms with Crippen molar-refractivity contribution in [1.29, 1.82) is 0 Å². The Kier molecular flexibility index (Phi) is 5.31. The van der Waals surface area contributed by atoms with Crippen LogP contribution in [0.25, 0.3) is 0 Å². The monoisotopic (exact) mass is 347 g/mol. The number of amides is 1. The Morgan fingerprint density at radius 1 is 1.25 bits per heavy atom. The van der Waals surface area contributed by atoms with Crippen molar-refractivity contribution in [3.05, 3.63) is 29.0 Å². The molecule has 3 rings (SSSR count). The minimum Gasteiger partial charge on any atom is -0.339 e. The van der Waals surface area contributed by atoms with Crippen molar-refractivity contribution in [1.82, 2.24) is 29.4 Å². The summed E-state index contributed by atoms with van der Waals surface area (Å²) in [5.41, 5.74) is 0.899. The Balaban J connectivity index is 1.47. The van der Waals surface area contributed by atoms with E-state index < -0.39 is 0 Å². The number of piperazine rings is 1. The van der Waals surface area contributed by atoms with E-state index in [0.29, 0.717) is 13.1 Å².